The highest BCUT2D eigenvalue weighted by molar-refractivity contribution is 6.31. The van der Waals surface area contributed by atoms with Gasteiger partial charge in [0, 0.05) is 34.3 Å². The van der Waals surface area contributed by atoms with Gasteiger partial charge in [0.1, 0.15) is 0 Å². The predicted octanol–water partition coefficient (Wildman–Crippen LogP) is 4.16. The SMILES string of the molecule is C[C@H](OC(=O)[C@H]1CC(=O)N(c2ccc(Cl)cc2)C1)C(=O)c1ccc(Cl)cc1. The van der Waals surface area contributed by atoms with Crippen LogP contribution in [0, 0.1) is 5.92 Å². The topological polar surface area (TPSA) is 63.7 Å². The summed E-state index contributed by atoms with van der Waals surface area (Å²) in [6.45, 7) is 1.73. The normalized spacial score (nSPS) is 17.7. The van der Waals surface area contributed by atoms with E-state index >= 15 is 0 Å². The molecule has 1 aliphatic rings. The van der Waals surface area contributed by atoms with E-state index < -0.39 is 18.0 Å². The number of hydrogen-bond acceptors (Lipinski definition) is 4. The molecule has 140 valence electrons. The molecule has 0 saturated carbocycles. The lowest BCUT2D eigenvalue weighted by atomic mass is 10.1. The van der Waals surface area contributed by atoms with Crippen molar-refractivity contribution in [2.24, 2.45) is 5.92 Å². The Hall–Kier alpha value is -2.37. The molecule has 3 rings (SSSR count). The molecular weight excluding hydrogens is 389 g/mol. The number of carbonyl (C=O) groups excluding carboxylic acids is 3. The molecule has 2 atom stereocenters. The highest BCUT2D eigenvalue weighted by Gasteiger charge is 2.37. The Balaban J connectivity index is 1.62. The fraction of sp³-hybridized carbons (Fsp3) is 0.250. The van der Waals surface area contributed by atoms with Crippen molar-refractivity contribution in [3.63, 3.8) is 0 Å². The molecule has 1 heterocycles. The van der Waals surface area contributed by atoms with E-state index in [0.29, 0.717) is 21.3 Å². The van der Waals surface area contributed by atoms with Crippen LogP contribution in [0.25, 0.3) is 0 Å². The number of Topliss-reactive ketones (excluding diaryl/α,β-unsaturated/α-hetero) is 1. The molecule has 1 aliphatic heterocycles. The number of esters is 1. The molecular formula is C20H17Cl2NO4. The maximum absolute atomic E-state index is 12.4. The van der Waals surface area contributed by atoms with Crippen LogP contribution < -0.4 is 4.90 Å². The number of ketones is 1. The number of amides is 1. The van der Waals surface area contributed by atoms with Crippen molar-refractivity contribution >= 4 is 46.5 Å². The van der Waals surface area contributed by atoms with E-state index in [9.17, 15) is 14.4 Å². The summed E-state index contributed by atoms with van der Waals surface area (Å²) < 4.78 is 5.31. The van der Waals surface area contributed by atoms with Crippen LogP contribution in [0.4, 0.5) is 5.69 Å². The zero-order valence-corrected chi connectivity index (χ0v) is 16.0. The molecule has 0 unspecified atom stereocenters. The lowest BCUT2D eigenvalue weighted by molar-refractivity contribution is -0.151. The molecule has 27 heavy (non-hydrogen) atoms. The van der Waals surface area contributed by atoms with Gasteiger partial charge in [-0.05, 0) is 55.5 Å². The van der Waals surface area contributed by atoms with Crippen molar-refractivity contribution in [1.82, 2.24) is 0 Å². The van der Waals surface area contributed by atoms with E-state index in [-0.39, 0.29) is 24.7 Å². The van der Waals surface area contributed by atoms with Crippen LogP contribution in [0.5, 0.6) is 0 Å². The third-order valence-electron chi connectivity index (χ3n) is 4.39. The average molecular weight is 406 g/mol. The number of benzene rings is 2. The van der Waals surface area contributed by atoms with Gasteiger partial charge in [0.25, 0.3) is 0 Å². The van der Waals surface area contributed by atoms with Gasteiger partial charge in [0.15, 0.2) is 6.10 Å². The highest BCUT2D eigenvalue weighted by atomic mass is 35.5. The van der Waals surface area contributed by atoms with Crippen LogP contribution >= 0.6 is 23.2 Å². The van der Waals surface area contributed by atoms with Gasteiger partial charge in [-0.15, -0.1) is 0 Å². The third kappa shape index (κ3) is 4.49. The van der Waals surface area contributed by atoms with Gasteiger partial charge in [-0.25, -0.2) is 0 Å². The van der Waals surface area contributed by atoms with E-state index in [4.69, 9.17) is 27.9 Å². The molecule has 0 spiro atoms. The standard InChI is InChI=1S/C20H17Cl2NO4/c1-12(19(25)13-2-4-15(21)5-3-13)27-20(26)14-10-18(24)23(11-14)17-8-6-16(22)7-9-17/h2-9,12,14H,10-11H2,1H3/t12-,14-/m0/s1. The molecule has 1 fully saturated rings. The van der Waals surface area contributed by atoms with Crippen molar-refractivity contribution in [3.8, 4) is 0 Å². The molecule has 0 radical (unpaired) electrons. The van der Waals surface area contributed by atoms with Crippen LogP contribution in [0.1, 0.15) is 23.7 Å². The molecule has 7 heteroatoms. The molecule has 1 amide bonds. The van der Waals surface area contributed by atoms with Gasteiger partial charge in [-0.1, -0.05) is 23.2 Å². The lowest BCUT2D eigenvalue weighted by Crippen LogP contribution is -2.30. The fourth-order valence-electron chi connectivity index (χ4n) is 2.91. The second kappa shape index (κ2) is 8.11. The fourth-order valence-corrected chi connectivity index (χ4v) is 3.16. The molecule has 0 aromatic heterocycles. The summed E-state index contributed by atoms with van der Waals surface area (Å²) in [4.78, 5) is 38.6. The number of nitrogens with zero attached hydrogens (tertiary/aromatic N) is 1. The first kappa shape index (κ1) is 19.4. The van der Waals surface area contributed by atoms with Gasteiger partial charge in [-0.2, -0.15) is 0 Å². The number of hydrogen-bond donors (Lipinski definition) is 0. The molecule has 5 nitrogen and oxygen atoms in total. The van der Waals surface area contributed by atoms with Crippen LogP contribution in [-0.4, -0.2) is 30.3 Å². The Labute approximate surface area is 166 Å². The van der Waals surface area contributed by atoms with E-state index in [1.807, 2.05) is 0 Å². The second-order valence-corrected chi connectivity index (χ2v) is 7.20. The van der Waals surface area contributed by atoms with Crippen molar-refractivity contribution in [2.45, 2.75) is 19.4 Å². The van der Waals surface area contributed by atoms with Crippen LogP contribution in [0.15, 0.2) is 48.5 Å². The first-order chi connectivity index (χ1) is 12.8. The quantitative estimate of drug-likeness (QED) is 0.553. The predicted molar refractivity (Wildman–Crippen MR) is 103 cm³/mol. The summed E-state index contributed by atoms with van der Waals surface area (Å²) in [6, 6.07) is 13.2. The molecule has 2 aromatic carbocycles. The van der Waals surface area contributed by atoms with E-state index in [0.717, 1.165) is 0 Å². The van der Waals surface area contributed by atoms with Gasteiger partial charge >= 0.3 is 5.97 Å². The van der Waals surface area contributed by atoms with Gasteiger partial charge in [-0.3, -0.25) is 14.4 Å². The monoisotopic (exact) mass is 405 g/mol. The molecule has 1 saturated heterocycles. The van der Waals surface area contributed by atoms with Gasteiger partial charge in [0.2, 0.25) is 11.7 Å². The zero-order chi connectivity index (χ0) is 19.6. The average Bonchev–Trinajstić information content (AvgIpc) is 3.04. The molecule has 0 aliphatic carbocycles. The van der Waals surface area contributed by atoms with Crippen LogP contribution in [-0.2, 0) is 14.3 Å². The first-order valence-electron chi connectivity index (χ1n) is 8.41. The Bertz CT molecular complexity index is 865. The summed E-state index contributed by atoms with van der Waals surface area (Å²) in [6.07, 6.45) is -0.901. The Morgan fingerprint density at radius 3 is 2.19 bits per heavy atom. The first-order valence-corrected chi connectivity index (χ1v) is 9.17. The van der Waals surface area contributed by atoms with Crippen molar-refractivity contribution in [2.75, 3.05) is 11.4 Å². The maximum atomic E-state index is 12.4. The summed E-state index contributed by atoms with van der Waals surface area (Å²) in [7, 11) is 0. The maximum Gasteiger partial charge on any atom is 0.312 e. The molecule has 0 bridgehead atoms. The number of anilines is 1. The van der Waals surface area contributed by atoms with Crippen molar-refractivity contribution in [1.29, 1.82) is 0 Å². The number of rotatable bonds is 5. The smallest absolute Gasteiger partial charge is 0.312 e. The van der Waals surface area contributed by atoms with Crippen molar-refractivity contribution < 1.29 is 19.1 Å². The number of carbonyl (C=O) groups is 3. The van der Waals surface area contributed by atoms with E-state index in [1.165, 1.54) is 11.8 Å². The van der Waals surface area contributed by atoms with E-state index in [2.05, 4.69) is 0 Å². The summed E-state index contributed by atoms with van der Waals surface area (Å²) in [5.41, 5.74) is 1.08. The minimum Gasteiger partial charge on any atom is -0.454 e. The molecule has 0 N–H and O–H groups in total. The van der Waals surface area contributed by atoms with E-state index in [1.54, 1.807) is 48.5 Å². The highest BCUT2D eigenvalue weighted by Crippen LogP contribution is 2.27. The molecule has 2 aromatic rings. The zero-order valence-electron chi connectivity index (χ0n) is 14.5. The minimum absolute atomic E-state index is 0.0450. The van der Waals surface area contributed by atoms with Crippen molar-refractivity contribution in [3.05, 3.63) is 64.1 Å². The largest absolute Gasteiger partial charge is 0.454 e. The summed E-state index contributed by atoms with van der Waals surface area (Å²) >= 11 is 11.7. The number of halogens is 2. The van der Waals surface area contributed by atoms with Crippen LogP contribution in [0.3, 0.4) is 0 Å². The van der Waals surface area contributed by atoms with Gasteiger partial charge in [0.05, 0.1) is 5.92 Å². The van der Waals surface area contributed by atoms with Crippen LogP contribution in [0.2, 0.25) is 10.0 Å². The third-order valence-corrected chi connectivity index (χ3v) is 4.89. The lowest BCUT2D eigenvalue weighted by Gasteiger charge is -2.18. The Morgan fingerprint density at radius 1 is 1.04 bits per heavy atom. The summed E-state index contributed by atoms with van der Waals surface area (Å²) in [5, 5.41) is 1.08. The van der Waals surface area contributed by atoms with Gasteiger partial charge < -0.3 is 9.64 Å². The minimum atomic E-state index is -0.946. The Morgan fingerprint density at radius 2 is 1.59 bits per heavy atom. The Kier molecular flexibility index (Phi) is 5.82. The summed E-state index contributed by atoms with van der Waals surface area (Å²) in [5.74, 6) is -1.67. The second-order valence-electron chi connectivity index (χ2n) is 6.33. The number of ether oxygens (including phenoxy) is 1.